The minimum atomic E-state index is -0.703. The topological polar surface area (TPSA) is 69.7 Å². The maximum absolute atomic E-state index is 13.2. The van der Waals surface area contributed by atoms with Gasteiger partial charge in [-0.25, -0.2) is 8.78 Å². The Morgan fingerprint density at radius 1 is 0.967 bits per heavy atom. The smallest absolute Gasteiger partial charge is 0.312 e. The lowest BCUT2D eigenvalue weighted by molar-refractivity contribution is -0.157. The molecule has 158 valence electrons. The molecule has 30 heavy (non-hydrogen) atoms. The Bertz CT molecular complexity index is 940. The zero-order chi connectivity index (χ0) is 21.8. The van der Waals surface area contributed by atoms with Gasteiger partial charge in [-0.05, 0) is 49.2 Å². The predicted molar refractivity (Wildman–Crippen MR) is 106 cm³/mol. The van der Waals surface area contributed by atoms with E-state index in [1.807, 2.05) is 13.8 Å². The van der Waals surface area contributed by atoms with Crippen molar-refractivity contribution in [2.24, 2.45) is 0 Å². The number of halogens is 2. The predicted octanol–water partition coefficient (Wildman–Crippen LogP) is 2.47. The zero-order valence-electron chi connectivity index (χ0n) is 16.8. The van der Waals surface area contributed by atoms with E-state index >= 15 is 0 Å². The van der Waals surface area contributed by atoms with Crippen molar-refractivity contribution >= 4 is 17.7 Å². The Labute approximate surface area is 173 Å². The number of carbonyl (C=O) groups excluding carboxylic acids is 3. The van der Waals surface area contributed by atoms with Gasteiger partial charge in [0.15, 0.2) is 0 Å². The second-order valence-electron chi connectivity index (χ2n) is 7.48. The molecule has 1 aliphatic rings. The van der Waals surface area contributed by atoms with Crippen LogP contribution in [0.15, 0.2) is 42.5 Å². The number of amides is 3. The molecule has 0 aliphatic carbocycles. The second-order valence-corrected chi connectivity index (χ2v) is 7.48. The molecule has 1 fully saturated rings. The van der Waals surface area contributed by atoms with E-state index in [1.165, 1.54) is 4.90 Å². The van der Waals surface area contributed by atoms with Crippen molar-refractivity contribution < 1.29 is 23.2 Å². The molecule has 1 N–H and O–H groups in total. The van der Waals surface area contributed by atoms with Gasteiger partial charge < -0.3 is 15.1 Å². The Morgan fingerprint density at radius 2 is 1.60 bits per heavy atom. The van der Waals surface area contributed by atoms with Crippen LogP contribution in [0.5, 0.6) is 0 Å². The van der Waals surface area contributed by atoms with E-state index in [0.717, 1.165) is 23.8 Å². The normalized spacial score (nSPS) is 14.4. The molecule has 0 unspecified atom stereocenters. The third kappa shape index (κ3) is 5.00. The fourth-order valence-electron chi connectivity index (χ4n) is 3.31. The molecule has 0 radical (unpaired) electrons. The average Bonchev–Trinajstić information content (AvgIpc) is 2.69. The molecule has 1 heterocycles. The second kappa shape index (κ2) is 9.02. The molecule has 8 heteroatoms. The Morgan fingerprint density at radius 3 is 2.20 bits per heavy atom. The molecular weight excluding hydrogens is 392 g/mol. The molecule has 0 spiro atoms. The number of benzene rings is 2. The van der Waals surface area contributed by atoms with Gasteiger partial charge in [0, 0.05) is 43.9 Å². The summed E-state index contributed by atoms with van der Waals surface area (Å²) >= 11 is 0. The number of carbonyl (C=O) groups is 3. The molecule has 1 aliphatic heterocycles. The van der Waals surface area contributed by atoms with Crippen molar-refractivity contribution in [3.05, 3.63) is 70.8 Å². The molecule has 0 bridgehead atoms. The maximum atomic E-state index is 13.2. The van der Waals surface area contributed by atoms with Gasteiger partial charge in [-0.15, -0.1) is 0 Å². The quantitative estimate of drug-likeness (QED) is 0.737. The van der Waals surface area contributed by atoms with Crippen molar-refractivity contribution in [1.82, 2.24) is 15.1 Å². The van der Waals surface area contributed by atoms with Crippen LogP contribution in [0, 0.1) is 11.6 Å². The summed E-state index contributed by atoms with van der Waals surface area (Å²) in [6.45, 7) is 4.95. The van der Waals surface area contributed by atoms with Crippen LogP contribution in [0.4, 0.5) is 8.78 Å². The van der Waals surface area contributed by atoms with Crippen LogP contribution < -0.4 is 5.32 Å². The lowest BCUT2D eigenvalue weighted by Crippen LogP contribution is -2.55. The van der Waals surface area contributed by atoms with Gasteiger partial charge in [0.25, 0.3) is 5.91 Å². The zero-order valence-corrected chi connectivity index (χ0v) is 16.8. The van der Waals surface area contributed by atoms with Gasteiger partial charge >= 0.3 is 11.8 Å². The van der Waals surface area contributed by atoms with Crippen molar-refractivity contribution in [3.8, 4) is 0 Å². The number of piperazine rings is 1. The van der Waals surface area contributed by atoms with E-state index in [9.17, 15) is 23.2 Å². The highest BCUT2D eigenvalue weighted by Gasteiger charge is 2.33. The van der Waals surface area contributed by atoms with Crippen LogP contribution >= 0.6 is 0 Å². The average molecular weight is 415 g/mol. The number of nitrogens with one attached hydrogen (secondary N) is 1. The third-order valence-electron chi connectivity index (χ3n) is 4.93. The molecule has 2 aromatic carbocycles. The fourth-order valence-corrected chi connectivity index (χ4v) is 3.31. The molecule has 0 aromatic heterocycles. The summed E-state index contributed by atoms with van der Waals surface area (Å²) in [6, 6.07) is 9.69. The first-order chi connectivity index (χ1) is 14.2. The molecule has 1 saturated heterocycles. The highest BCUT2D eigenvalue weighted by molar-refractivity contribution is 6.35. The Kier molecular flexibility index (Phi) is 6.44. The van der Waals surface area contributed by atoms with Crippen LogP contribution in [0.3, 0.4) is 0 Å². The highest BCUT2D eigenvalue weighted by atomic mass is 19.1. The molecule has 6 nitrogen and oxygen atoms in total. The highest BCUT2D eigenvalue weighted by Crippen LogP contribution is 2.14. The summed E-state index contributed by atoms with van der Waals surface area (Å²) in [5.41, 5.74) is 1.49. The molecule has 3 amide bonds. The van der Waals surface area contributed by atoms with E-state index in [-0.39, 0.29) is 25.0 Å². The van der Waals surface area contributed by atoms with Gasteiger partial charge in [0.2, 0.25) is 0 Å². The first kappa shape index (κ1) is 21.4. The Balaban J connectivity index is 1.57. The number of rotatable bonds is 6. The van der Waals surface area contributed by atoms with Crippen LogP contribution in [0.1, 0.15) is 35.3 Å². The third-order valence-corrected chi connectivity index (χ3v) is 4.93. The summed E-state index contributed by atoms with van der Waals surface area (Å²) in [5, 5.41) is 2.61. The standard InChI is InChI=1S/C22H23F2N3O3/c1-14(2)27-8-7-26(21(29)22(27)30)13-15-3-5-17(6-4-15)20(28)25-12-16-9-18(23)11-19(24)10-16/h3-6,9-11,14H,7-8,12-13H2,1-2H3,(H,25,28). The summed E-state index contributed by atoms with van der Waals surface area (Å²) in [4.78, 5) is 39.8. The number of nitrogens with zero attached hydrogens (tertiary/aromatic N) is 2. The van der Waals surface area contributed by atoms with Crippen molar-refractivity contribution in [2.75, 3.05) is 13.1 Å². The summed E-state index contributed by atoms with van der Waals surface area (Å²) in [6.07, 6.45) is 0. The van der Waals surface area contributed by atoms with E-state index in [1.54, 1.807) is 29.2 Å². The number of hydrogen-bond donors (Lipinski definition) is 1. The monoisotopic (exact) mass is 415 g/mol. The van der Waals surface area contributed by atoms with Crippen LogP contribution in [-0.4, -0.2) is 46.7 Å². The van der Waals surface area contributed by atoms with Gasteiger partial charge in [-0.1, -0.05) is 12.1 Å². The molecular formula is C22H23F2N3O3. The fraction of sp³-hybridized carbons (Fsp3) is 0.318. The lowest BCUT2D eigenvalue weighted by Gasteiger charge is -2.36. The van der Waals surface area contributed by atoms with Gasteiger partial charge in [-0.3, -0.25) is 14.4 Å². The summed E-state index contributed by atoms with van der Waals surface area (Å²) < 4.78 is 26.4. The summed E-state index contributed by atoms with van der Waals surface area (Å²) in [7, 11) is 0. The van der Waals surface area contributed by atoms with Crippen molar-refractivity contribution in [3.63, 3.8) is 0 Å². The van der Waals surface area contributed by atoms with Gasteiger partial charge in [0.1, 0.15) is 11.6 Å². The minimum Gasteiger partial charge on any atom is -0.348 e. The van der Waals surface area contributed by atoms with Crippen LogP contribution in [-0.2, 0) is 22.7 Å². The van der Waals surface area contributed by atoms with Crippen molar-refractivity contribution in [1.29, 1.82) is 0 Å². The first-order valence-corrected chi connectivity index (χ1v) is 9.66. The largest absolute Gasteiger partial charge is 0.348 e. The van der Waals surface area contributed by atoms with Gasteiger partial charge in [-0.2, -0.15) is 0 Å². The maximum Gasteiger partial charge on any atom is 0.312 e. The Hall–Kier alpha value is -3.29. The summed E-state index contributed by atoms with van der Waals surface area (Å²) in [5.74, 6) is -2.82. The van der Waals surface area contributed by atoms with E-state index in [4.69, 9.17) is 0 Å². The van der Waals surface area contributed by atoms with Crippen molar-refractivity contribution in [2.45, 2.75) is 33.0 Å². The molecule has 0 atom stereocenters. The molecule has 2 aromatic rings. The van der Waals surface area contributed by atoms with Crippen LogP contribution in [0.25, 0.3) is 0 Å². The number of hydrogen-bond acceptors (Lipinski definition) is 3. The lowest BCUT2D eigenvalue weighted by atomic mass is 10.1. The molecule has 0 saturated carbocycles. The van der Waals surface area contributed by atoms with Gasteiger partial charge in [0.05, 0.1) is 0 Å². The van der Waals surface area contributed by atoms with Crippen LogP contribution in [0.2, 0.25) is 0 Å². The van der Waals surface area contributed by atoms with E-state index in [0.29, 0.717) is 24.2 Å². The SMILES string of the molecule is CC(C)N1CCN(Cc2ccc(C(=O)NCc3cc(F)cc(F)c3)cc2)C(=O)C1=O. The van der Waals surface area contributed by atoms with E-state index in [2.05, 4.69) is 5.32 Å². The molecule has 3 rings (SSSR count). The first-order valence-electron chi connectivity index (χ1n) is 9.66. The van der Waals surface area contributed by atoms with E-state index < -0.39 is 23.4 Å². The minimum absolute atomic E-state index is 0.00793.